The molecule has 0 aliphatic rings. The van der Waals surface area contributed by atoms with Gasteiger partial charge in [-0.25, -0.2) is 4.98 Å². The summed E-state index contributed by atoms with van der Waals surface area (Å²) < 4.78 is 0. The van der Waals surface area contributed by atoms with Gasteiger partial charge in [0.2, 0.25) is 0 Å². The molecule has 0 saturated carbocycles. The molecule has 0 radical (unpaired) electrons. The molecule has 1 heterocycles. The average Bonchev–Trinajstić information content (AvgIpc) is 2.32. The Balaban J connectivity index is 2.16. The van der Waals surface area contributed by atoms with Crippen molar-refractivity contribution in [3.63, 3.8) is 0 Å². The van der Waals surface area contributed by atoms with Gasteiger partial charge in [-0.15, -0.1) is 0 Å². The van der Waals surface area contributed by atoms with E-state index in [0.717, 1.165) is 5.69 Å². The van der Waals surface area contributed by atoms with Gasteiger partial charge in [0.1, 0.15) is 5.82 Å². The molecule has 1 aromatic heterocycles. The van der Waals surface area contributed by atoms with Crippen molar-refractivity contribution in [1.82, 2.24) is 4.98 Å². The number of aromatic nitrogens is 1. The summed E-state index contributed by atoms with van der Waals surface area (Å²) in [5.74, 6) is 0.683. The van der Waals surface area contributed by atoms with Crippen LogP contribution in [0.25, 0.3) is 0 Å². The quantitative estimate of drug-likeness (QED) is 0.689. The van der Waals surface area contributed by atoms with Crippen molar-refractivity contribution in [3.05, 3.63) is 48.2 Å². The Morgan fingerprint density at radius 1 is 1.06 bits per heavy atom. The molecule has 1 aromatic carbocycles. The van der Waals surface area contributed by atoms with Crippen molar-refractivity contribution in [1.29, 1.82) is 0 Å². The fourth-order valence-electron chi connectivity index (χ4n) is 1.35. The first kappa shape index (κ1) is 10.4. The van der Waals surface area contributed by atoms with E-state index in [0.29, 0.717) is 11.5 Å². The number of rotatable bonds is 3. The lowest BCUT2D eigenvalue weighted by molar-refractivity contribution is 0.389. The SMILES string of the molecule is Cc1ccc(Nc2cc(NO)ccn2)cc1. The lowest BCUT2D eigenvalue weighted by atomic mass is 10.2. The van der Waals surface area contributed by atoms with Crippen LogP contribution in [0.5, 0.6) is 0 Å². The lowest BCUT2D eigenvalue weighted by Gasteiger charge is -2.06. The van der Waals surface area contributed by atoms with E-state index < -0.39 is 0 Å². The molecule has 0 amide bonds. The highest BCUT2D eigenvalue weighted by Gasteiger charge is 1.97. The molecule has 0 aliphatic heterocycles. The van der Waals surface area contributed by atoms with Crippen LogP contribution in [-0.2, 0) is 0 Å². The van der Waals surface area contributed by atoms with Crippen molar-refractivity contribution in [3.8, 4) is 0 Å². The van der Waals surface area contributed by atoms with Crippen LogP contribution in [0.15, 0.2) is 42.6 Å². The number of benzene rings is 1. The minimum Gasteiger partial charge on any atom is -0.340 e. The van der Waals surface area contributed by atoms with Crippen molar-refractivity contribution >= 4 is 17.2 Å². The third-order valence-corrected chi connectivity index (χ3v) is 2.21. The van der Waals surface area contributed by atoms with Gasteiger partial charge in [0.15, 0.2) is 0 Å². The number of hydrogen-bond acceptors (Lipinski definition) is 4. The molecule has 3 N–H and O–H groups in total. The van der Waals surface area contributed by atoms with E-state index in [4.69, 9.17) is 5.21 Å². The molecular weight excluding hydrogens is 202 g/mol. The summed E-state index contributed by atoms with van der Waals surface area (Å²) in [7, 11) is 0. The third kappa shape index (κ3) is 2.49. The Morgan fingerprint density at radius 2 is 1.81 bits per heavy atom. The van der Waals surface area contributed by atoms with Crippen LogP contribution in [0.1, 0.15) is 5.56 Å². The van der Waals surface area contributed by atoms with E-state index in [-0.39, 0.29) is 0 Å². The van der Waals surface area contributed by atoms with E-state index in [1.807, 2.05) is 31.2 Å². The van der Waals surface area contributed by atoms with Gasteiger partial charge in [-0.05, 0) is 25.1 Å². The number of hydrogen-bond donors (Lipinski definition) is 3. The van der Waals surface area contributed by atoms with Gasteiger partial charge in [0.25, 0.3) is 0 Å². The maximum absolute atomic E-state index is 8.76. The van der Waals surface area contributed by atoms with Crippen LogP contribution in [0, 0.1) is 6.92 Å². The largest absolute Gasteiger partial charge is 0.340 e. The maximum atomic E-state index is 8.76. The smallest absolute Gasteiger partial charge is 0.132 e. The Kier molecular flexibility index (Phi) is 3.03. The van der Waals surface area contributed by atoms with Crippen LogP contribution in [-0.4, -0.2) is 10.2 Å². The molecule has 2 aromatic rings. The summed E-state index contributed by atoms with van der Waals surface area (Å²) in [6.07, 6.45) is 1.62. The zero-order chi connectivity index (χ0) is 11.4. The Hall–Kier alpha value is -2.07. The molecular formula is C12H13N3O. The lowest BCUT2D eigenvalue weighted by Crippen LogP contribution is -1.95. The van der Waals surface area contributed by atoms with E-state index in [9.17, 15) is 0 Å². The van der Waals surface area contributed by atoms with Gasteiger partial charge in [-0.2, -0.15) is 0 Å². The Morgan fingerprint density at radius 3 is 2.50 bits per heavy atom. The summed E-state index contributed by atoms with van der Waals surface area (Å²) in [4.78, 5) is 4.14. The highest BCUT2D eigenvalue weighted by molar-refractivity contribution is 5.60. The third-order valence-electron chi connectivity index (χ3n) is 2.21. The van der Waals surface area contributed by atoms with E-state index in [2.05, 4.69) is 15.8 Å². The van der Waals surface area contributed by atoms with Crippen molar-refractivity contribution in [2.24, 2.45) is 0 Å². The van der Waals surface area contributed by atoms with Gasteiger partial charge < -0.3 is 5.32 Å². The van der Waals surface area contributed by atoms with Gasteiger partial charge in [-0.1, -0.05) is 17.7 Å². The second-order valence-electron chi connectivity index (χ2n) is 3.53. The molecule has 82 valence electrons. The van der Waals surface area contributed by atoms with Gasteiger partial charge in [0.05, 0.1) is 5.69 Å². The van der Waals surface area contributed by atoms with Crippen LogP contribution < -0.4 is 10.8 Å². The van der Waals surface area contributed by atoms with Crippen LogP contribution in [0.2, 0.25) is 0 Å². The van der Waals surface area contributed by atoms with E-state index in [1.54, 1.807) is 18.3 Å². The second kappa shape index (κ2) is 4.63. The zero-order valence-electron chi connectivity index (χ0n) is 8.94. The second-order valence-corrected chi connectivity index (χ2v) is 3.53. The number of pyridine rings is 1. The first-order valence-electron chi connectivity index (χ1n) is 4.98. The zero-order valence-corrected chi connectivity index (χ0v) is 8.94. The molecule has 0 bridgehead atoms. The fourth-order valence-corrected chi connectivity index (χ4v) is 1.35. The Labute approximate surface area is 93.9 Å². The molecule has 2 rings (SSSR count). The molecule has 0 aliphatic carbocycles. The molecule has 16 heavy (non-hydrogen) atoms. The van der Waals surface area contributed by atoms with Crippen LogP contribution >= 0.6 is 0 Å². The summed E-state index contributed by atoms with van der Waals surface area (Å²) in [6, 6.07) is 11.4. The first-order valence-corrected chi connectivity index (χ1v) is 4.98. The van der Waals surface area contributed by atoms with Gasteiger partial charge >= 0.3 is 0 Å². The van der Waals surface area contributed by atoms with Crippen molar-refractivity contribution in [2.75, 3.05) is 10.8 Å². The molecule has 0 saturated heterocycles. The molecule has 4 nitrogen and oxygen atoms in total. The predicted molar refractivity (Wildman–Crippen MR) is 64.1 cm³/mol. The molecule has 0 unspecified atom stereocenters. The van der Waals surface area contributed by atoms with Crippen LogP contribution in [0.4, 0.5) is 17.2 Å². The standard InChI is InChI=1S/C12H13N3O/c1-9-2-4-10(5-3-9)14-12-8-11(15-16)6-7-13-12/h2-8,16H,1H3,(H2,13,14,15). The average molecular weight is 215 g/mol. The summed E-state index contributed by atoms with van der Waals surface area (Å²) >= 11 is 0. The number of anilines is 3. The topological polar surface area (TPSA) is 57.2 Å². The van der Waals surface area contributed by atoms with E-state index in [1.165, 1.54) is 5.56 Å². The monoisotopic (exact) mass is 215 g/mol. The number of nitrogens with zero attached hydrogens (tertiary/aromatic N) is 1. The van der Waals surface area contributed by atoms with Crippen molar-refractivity contribution in [2.45, 2.75) is 6.92 Å². The molecule has 0 fully saturated rings. The first-order chi connectivity index (χ1) is 7.78. The summed E-state index contributed by atoms with van der Waals surface area (Å²) in [5, 5.41) is 11.9. The van der Waals surface area contributed by atoms with Crippen LogP contribution in [0.3, 0.4) is 0 Å². The summed E-state index contributed by atoms with van der Waals surface area (Å²) in [5.41, 5.74) is 4.86. The minimum atomic E-state index is 0.601. The summed E-state index contributed by atoms with van der Waals surface area (Å²) in [6.45, 7) is 2.04. The highest BCUT2D eigenvalue weighted by atomic mass is 16.5. The normalized spacial score (nSPS) is 9.88. The maximum Gasteiger partial charge on any atom is 0.132 e. The fraction of sp³-hybridized carbons (Fsp3) is 0.0833. The number of nitrogens with one attached hydrogen (secondary N) is 2. The molecule has 0 spiro atoms. The minimum absolute atomic E-state index is 0.601. The van der Waals surface area contributed by atoms with Gasteiger partial charge in [-0.3, -0.25) is 10.7 Å². The van der Waals surface area contributed by atoms with Crippen molar-refractivity contribution < 1.29 is 5.21 Å². The van der Waals surface area contributed by atoms with Gasteiger partial charge in [0, 0.05) is 18.0 Å². The van der Waals surface area contributed by atoms with E-state index >= 15 is 0 Å². The Bertz CT molecular complexity index is 468. The highest BCUT2D eigenvalue weighted by Crippen LogP contribution is 2.17. The molecule has 4 heteroatoms. The predicted octanol–water partition coefficient (Wildman–Crippen LogP) is 2.93. The number of aryl methyl sites for hydroxylation is 1. The molecule has 0 atom stereocenters.